The molecular formula is C56H102N16O4. The number of aromatic nitrogens is 6. The minimum Gasteiger partial charge on any atom is -0.464 e. The molecule has 4 saturated heterocycles. The van der Waals surface area contributed by atoms with Crippen molar-refractivity contribution in [3.63, 3.8) is 0 Å². The highest BCUT2D eigenvalue weighted by atomic mass is 16.5. The first-order chi connectivity index (χ1) is 34.9. The Bertz CT molecular complexity index is 1960. The molecule has 0 radical (unpaired) electrons. The van der Waals surface area contributed by atoms with Crippen molar-refractivity contribution in [3.05, 3.63) is 0 Å². The number of unbranched alkanes of at least 4 members (excludes halogenated alkanes) is 3. The fourth-order valence-electron chi connectivity index (χ4n) is 13.7. The molecule has 430 valence electrons. The number of carbonyl (C=O) groups excluding carboxylic acids is 2. The summed E-state index contributed by atoms with van der Waals surface area (Å²) in [6.45, 7) is 36.3. The zero-order chi connectivity index (χ0) is 56.5. The fraction of sp³-hybridized carbons (Fsp3) is 0.857. The molecule has 6 rings (SSSR count). The summed E-state index contributed by atoms with van der Waals surface area (Å²) in [5.41, 5.74) is -0.517. The van der Waals surface area contributed by atoms with Gasteiger partial charge >= 0.3 is 11.9 Å². The quantitative estimate of drug-likeness (QED) is 0.0538. The van der Waals surface area contributed by atoms with Crippen molar-refractivity contribution in [1.29, 1.82) is 0 Å². The second-order valence-corrected chi connectivity index (χ2v) is 28.3. The van der Waals surface area contributed by atoms with Crippen molar-refractivity contribution in [3.8, 4) is 0 Å². The van der Waals surface area contributed by atoms with E-state index in [0.717, 1.165) is 64.2 Å². The Balaban J connectivity index is 0.983. The van der Waals surface area contributed by atoms with Crippen LogP contribution in [0.2, 0.25) is 0 Å². The standard InChI is InChI=1S/C56H102N16O4/c1-49(2)27-37(28-50(3,4)65-49)69(17)45-59-43(60-46(63-45)70(18)38-29-51(5,6)66-52(7,8)30-38)57-35-41(73)75-25-23-21-22-24-26-76-42(74)36-58-44-61-47(71(19)39-31-53(9,10)67-54(11,12)32-39)64-48(62-44)72(20)40-33-55(13,14)68-56(15,16)34-40/h37-40,65-68H,21-36H2,1-20H3,(H,57,59,60,63)(H,58,61,62,64). The molecule has 0 saturated carbocycles. The van der Waals surface area contributed by atoms with Crippen LogP contribution in [0.15, 0.2) is 0 Å². The molecule has 76 heavy (non-hydrogen) atoms. The van der Waals surface area contributed by atoms with E-state index in [1.54, 1.807) is 0 Å². The Kier molecular flexibility index (Phi) is 18.5. The monoisotopic (exact) mass is 1060 g/mol. The molecular weight excluding hydrogens is 961 g/mol. The summed E-state index contributed by atoms with van der Waals surface area (Å²) in [5, 5.41) is 21.5. The first kappa shape index (κ1) is 60.8. The summed E-state index contributed by atoms with van der Waals surface area (Å²) >= 11 is 0. The van der Waals surface area contributed by atoms with E-state index in [1.807, 2.05) is 0 Å². The van der Waals surface area contributed by atoms with Gasteiger partial charge in [0.1, 0.15) is 13.1 Å². The van der Waals surface area contributed by atoms with Crippen LogP contribution in [0.4, 0.5) is 35.7 Å². The molecule has 6 heterocycles. The number of hydrogen-bond donors (Lipinski definition) is 6. The van der Waals surface area contributed by atoms with Gasteiger partial charge in [0.05, 0.1) is 13.2 Å². The summed E-state index contributed by atoms with van der Waals surface area (Å²) in [6.07, 6.45) is 10.4. The van der Waals surface area contributed by atoms with Gasteiger partial charge < -0.3 is 61.0 Å². The Morgan fingerprint density at radius 1 is 0.395 bits per heavy atom. The largest absolute Gasteiger partial charge is 0.464 e. The van der Waals surface area contributed by atoms with Gasteiger partial charge in [-0.05, 0) is 188 Å². The van der Waals surface area contributed by atoms with Crippen molar-refractivity contribution in [2.24, 2.45) is 0 Å². The van der Waals surface area contributed by atoms with Crippen molar-refractivity contribution in [2.45, 2.75) is 256 Å². The lowest BCUT2D eigenvalue weighted by Gasteiger charge is -2.49. The Morgan fingerprint density at radius 2 is 0.605 bits per heavy atom. The molecule has 0 unspecified atom stereocenters. The number of rotatable bonds is 21. The predicted octanol–water partition coefficient (Wildman–Crippen LogP) is 7.21. The van der Waals surface area contributed by atoms with Crippen LogP contribution >= 0.6 is 0 Å². The second kappa shape index (κ2) is 23.1. The van der Waals surface area contributed by atoms with Crippen molar-refractivity contribution in [1.82, 2.24) is 51.2 Å². The van der Waals surface area contributed by atoms with Crippen LogP contribution in [0.25, 0.3) is 0 Å². The number of ether oxygens (including phenoxy) is 2. The van der Waals surface area contributed by atoms with Gasteiger partial charge in [0, 0.05) is 96.7 Å². The molecule has 0 bridgehead atoms. The van der Waals surface area contributed by atoms with Crippen LogP contribution in [0.1, 0.15) is 188 Å². The van der Waals surface area contributed by atoms with Crippen molar-refractivity contribution >= 4 is 47.6 Å². The third-order valence-electron chi connectivity index (χ3n) is 15.7. The number of esters is 2. The lowest BCUT2D eigenvalue weighted by molar-refractivity contribution is -0.142. The first-order valence-corrected chi connectivity index (χ1v) is 28.3. The third kappa shape index (κ3) is 17.6. The van der Waals surface area contributed by atoms with E-state index in [-0.39, 0.29) is 107 Å². The fourth-order valence-corrected chi connectivity index (χ4v) is 13.7. The number of carbonyl (C=O) groups is 2. The SMILES string of the molecule is CN(c1nc(NCC(=O)OCCCCCCOC(=O)CNc2nc(N(C)C3CC(C)(C)NC(C)(C)C3)nc(N(C)C3CC(C)(C)NC(C)(C)C3)n2)nc(N(C)C2CC(C)(C)NC(C)(C)C2)n1)C1CC(C)(C)NC(C)(C)C1. The van der Waals surface area contributed by atoms with Gasteiger partial charge in [-0.25, -0.2) is 0 Å². The summed E-state index contributed by atoms with van der Waals surface area (Å²) in [7, 11) is 8.25. The zero-order valence-corrected chi connectivity index (χ0v) is 50.7. The maximum atomic E-state index is 13.1. The second-order valence-electron chi connectivity index (χ2n) is 28.3. The number of hydrogen-bond acceptors (Lipinski definition) is 20. The highest BCUT2D eigenvalue weighted by Crippen LogP contribution is 2.38. The van der Waals surface area contributed by atoms with Crippen LogP contribution in [-0.4, -0.2) is 165 Å². The molecule has 0 atom stereocenters. The van der Waals surface area contributed by atoms with Gasteiger partial charge in [-0.2, -0.15) is 29.9 Å². The summed E-state index contributed by atoms with van der Waals surface area (Å²) in [6, 6.07) is 0.768. The molecule has 0 amide bonds. The van der Waals surface area contributed by atoms with Gasteiger partial charge in [0.2, 0.25) is 35.7 Å². The number of nitrogens with zero attached hydrogens (tertiary/aromatic N) is 10. The van der Waals surface area contributed by atoms with Gasteiger partial charge in [-0.1, -0.05) is 0 Å². The zero-order valence-electron chi connectivity index (χ0n) is 50.7. The van der Waals surface area contributed by atoms with E-state index in [0.29, 0.717) is 48.5 Å². The maximum absolute atomic E-state index is 13.1. The Hall–Kier alpha value is -4.40. The molecule has 0 spiro atoms. The van der Waals surface area contributed by atoms with Crippen molar-refractivity contribution in [2.75, 3.05) is 84.7 Å². The average molecular weight is 1060 g/mol. The molecule has 4 aliphatic rings. The summed E-state index contributed by atoms with van der Waals surface area (Å²) in [5.74, 6) is 2.19. The topological polar surface area (TPSA) is 215 Å². The predicted molar refractivity (Wildman–Crippen MR) is 308 cm³/mol. The normalized spacial score (nSPS) is 22.7. The van der Waals surface area contributed by atoms with Gasteiger partial charge in [0.15, 0.2) is 0 Å². The van der Waals surface area contributed by atoms with E-state index < -0.39 is 0 Å². The molecule has 20 nitrogen and oxygen atoms in total. The molecule has 4 fully saturated rings. The van der Waals surface area contributed by atoms with Gasteiger partial charge in [-0.15, -0.1) is 0 Å². The minimum absolute atomic E-state index is 0.0646. The molecule has 2 aromatic heterocycles. The van der Waals surface area contributed by atoms with E-state index >= 15 is 0 Å². The van der Waals surface area contributed by atoms with Crippen LogP contribution in [0, 0.1) is 0 Å². The Labute approximate surface area is 457 Å². The molecule has 0 aromatic carbocycles. The summed E-state index contributed by atoms with van der Waals surface area (Å²) in [4.78, 5) is 64.5. The van der Waals surface area contributed by atoms with Crippen molar-refractivity contribution < 1.29 is 19.1 Å². The molecule has 0 aliphatic carbocycles. The lowest BCUT2D eigenvalue weighted by Crippen LogP contribution is -2.62. The number of piperidine rings is 4. The first-order valence-electron chi connectivity index (χ1n) is 28.3. The van der Waals surface area contributed by atoms with Crippen LogP contribution in [0.3, 0.4) is 0 Å². The highest BCUT2D eigenvalue weighted by molar-refractivity contribution is 5.75. The van der Waals surface area contributed by atoms with Crippen LogP contribution in [-0.2, 0) is 19.1 Å². The molecule has 20 heteroatoms. The van der Waals surface area contributed by atoms with Crippen LogP contribution in [0.5, 0.6) is 0 Å². The van der Waals surface area contributed by atoms with Crippen LogP contribution < -0.4 is 51.5 Å². The van der Waals surface area contributed by atoms with E-state index in [9.17, 15) is 9.59 Å². The van der Waals surface area contributed by atoms with E-state index in [4.69, 9.17) is 39.4 Å². The summed E-state index contributed by atoms with van der Waals surface area (Å²) < 4.78 is 11.3. The Morgan fingerprint density at radius 3 is 0.816 bits per heavy atom. The van der Waals surface area contributed by atoms with Gasteiger partial charge in [0.25, 0.3) is 0 Å². The van der Waals surface area contributed by atoms with E-state index in [2.05, 4.69) is 190 Å². The van der Waals surface area contributed by atoms with Gasteiger partial charge in [-0.3, -0.25) is 9.59 Å². The lowest BCUT2D eigenvalue weighted by atomic mass is 9.79. The maximum Gasteiger partial charge on any atom is 0.325 e. The molecule has 2 aromatic rings. The smallest absolute Gasteiger partial charge is 0.325 e. The number of nitrogens with one attached hydrogen (secondary N) is 6. The van der Waals surface area contributed by atoms with E-state index in [1.165, 1.54) is 0 Å². The number of anilines is 6. The average Bonchev–Trinajstić information content (AvgIpc) is 3.25. The minimum atomic E-state index is -0.385. The molecule has 6 N–H and O–H groups in total. The third-order valence-corrected chi connectivity index (χ3v) is 15.7. The molecule has 4 aliphatic heterocycles. The highest BCUT2D eigenvalue weighted by Gasteiger charge is 2.44.